The van der Waals surface area contributed by atoms with Gasteiger partial charge in [-0.15, -0.1) is 11.3 Å². The highest BCUT2D eigenvalue weighted by molar-refractivity contribution is 9.10. The van der Waals surface area contributed by atoms with Gasteiger partial charge in [-0.1, -0.05) is 0 Å². The van der Waals surface area contributed by atoms with Crippen molar-refractivity contribution in [2.75, 3.05) is 0 Å². The lowest BCUT2D eigenvalue weighted by atomic mass is 10.1. The number of hydrogen-bond donors (Lipinski definition) is 0. The largest absolute Gasteiger partial charge is 0.294 e. The first-order valence-electron chi connectivity index (χ1n) is 4.67. The van der Waals surface area contributed by atoms with Crippen LogP contribution in [0.5, 0.6) is 0 Å². The van der Waals surface area contributed by atoms with E-state index in [2.05, 4.69) is 15.9 Å². The zero-order valence-electron chi connectivity index (χ0n) is 8.24. The molecule has 0 amide bonds. The predicted molar refractivity (Wildman–Crippen MR) is 66.5 cm³/mol. The number of benzene rings is 1. The lowest BCUT2D eigenvalue weighted by Crippen LogP contribution is -2.01. The summed E-state index contributed by atoms with van der Waals surface area (Å²) in [5, 5.41) is 1.94. The first-order valence-corrected chi connectivity index (χ1v) is 6.34. The highest BCUT2D eigenvalue weighted by atomic mass is 79.9. The average molecular weight is 299 g/mol. The number of Topliss-reactive ketones (excluding diaryl/α,β-unsaturated/α-hetero) is 1. The van der Waals surface area contributed by atoms with E-state index in [0.29, 0.717) is 12.0 Å². The van der Waals surface area contributed by atoms with E-state index >= 15 is 0 Å². The molecule has 0 fully saturated rings. The van der Waals surface area contributed by atoms with Crippen LogP contribution >= 0.6 is 27.3 Å². The van der Waals surface area contributed by atoms with Gasteiger partial charge in [0.15, 0.2) is 5.78 Å². The summed E-state index contributed by atoms with van der Waals surface area (Å²) in [6, 6.07) is 7.56. The van der Waals surface area contributed by atoms with Gasteiger partial charge in [0, 0.05) is 26.7 Å². The standard InChI is InChI=1S/C12H8BrFOS/c13-9-5-11(16-7-9)6-12(15)8-1-3-10(14)4-2-8/h1-5,7H,6H2. The van der Waals surface area contributed by atoms with Crippen LogP contribution in [0.4, 0.5) is 4.39 Å². The molecule has 0 saturated carbocycles. The Hall–Kier alpha value is -1.00. The van der Waals surface area contributed by atoms with E-state index < -0.39 is 0 Å². The van der Waals surface area contributed by atoms with E-state index in [4.69, 9.17) is 0 Å². The molecule has 0 N–H and O–H groups in total. The molecular weight excluding hydrogens is 291 g/mol. The monoisotopic (exact) mass is 298 g/mol. The summed E-state index contributed by atoms with van der Waals surface area (Å²) >= 11 is 4.87. The van der Waals surface area contributed by atoms with Crippen LogP contribution in [0.3, 0.4) is 0 Å². The van der Waals surface area contributed by atoms with Gasteiger partial charge in [0.1, 0.15) is 5.82 Å². The van der Waals surface area contributed by atoms with Gasteiger partial charge in [-0.25, -0.2) is 4.39 Å². The lowest BCUT2D eigenvalue weighted by molar-refractivity contribution is 0.0994. The summed E-state index contributed by atoms with van der Waals surface area (Å²) in [7, 11) is 0. The Morgan fingerprint density at radius 1 is 1.31 bits per heavy atom. The highest BCUT2D eigenvalue weighted by Gasteiger charge is 2.08. The Labute approximate surface area is 105 Å². The van der Waals surface area contributed by atoms with Crippen LogP contribution in [0.2, 0.25) is 0 Å². The maximum atomic E-state index is 12.7. The van der Waals surface area contributed by atoms with Gasteiger partial charge in [-0.05, 0) is 46.3 Å². The van der Waals surface area contributed by atoms with Crippen molar-refractivity contribution in [1.29, 1.82) is 0 Å². The molecule has 1 aromatic carbocycles. The van der Waals surface area contributed by atoms with E-state index in [1.165, 1.54) is 35.6 Å². The number of halogens is 2. The number of carbonyl (C=O) groups is 1. The second-order valence-electron chi connectivity index (χ2n) is 3.34. The van der Waals surface area contributed by atoms with Gasteiger partial charge < -0.3 is 0 Å². The van der Waals surface area contributed by atoms with Crippen LogP contribution in [0.1, 0.15) is 15.2 Å². The van der Waals surface area contributed by atoms with Crippen molar-refractivity contribution in [1.82, 2.24) is 0 Å². The fourth-order valence-electron chi connectivity index (χ4n) is 1.34. The molecule has 0 aliphatic heterocycles. The molecule has 0 aliphatic carbocycles. The van der Waals surface area contributed by atoms with Crippen molar-refractivity contribution >= 4 is 33.0 Å². The van der Waals surface area contributed by atoms with Crippen LogP contribution in [0, 0.1) is 5.82 Å². The molecule has 4 heteroatoms. The fraction of sp³-hybridized carbons (Fsp3) is 0.0833. The number of ketones is 1. The Kier molecular flexibility index (Phi) is 3.51. The third-order valence-electron chi connectivity index (χ3n) is 2.12. The minimum absolute atomic E-state index is 0.00866. The van der Waals surface area contributed by atoms with Gasteiger partial charge in [0.05, 0.1) is 0 Å². The molecule has 0 spiro atoms. The molecule has 2 rings (SSSR count). The van der Waals surface area contributed by atoms with Crippen LogP contribution in [0.15, 0.2) is 40.2 Å². The van der Waals surface area contributed by atoms with Crippen molar-refractivity contribution in [2.24, 2.45) is 0 Å². The van der Waals surface area contributed by atoms with E-state index in [0.717, 1.165) is 9.35 Å². The van der Waals surface area contributed by atoms with Gasteiger partial charge in [-0.2, -0.15) is 0 Å². The molecule has 0 bridgehead atoms. The summed E-state index contributed by atoms with van der Waals surface area (Å²) in [4.78, 5) is 12.8. The Morgan fingerprint density at radius 2 is 2.00 bits per heavy atom. The zero-order valence-corrected chi connectivity index (χ0v) is 10.6. The second kappa shape index (κ2) is 4.89. The summed E-state index contributed by atoms with van der Waals surface area (Å²) < 4.78 is 13.7. The van der Waals surface area contributed by atoms with Crippen LogP contribution in [-0.2, 0) is 6.42 Å². The van der Waals surface area contributed by atoms with Gasteiger partial charge in [0.2, 0.25) is 0 Å². The Bertz CT molecular complexity index is 504. The third kappa shape index (κ3) is 2.77. The SMILES string of the molecule is O=C(Cc1cc(Br)cs1)c1ccc(F)cc1. The molecule has 1 heterocycles. The van der Waals surface area contributed by atoms with Crippen LogP contribution in [0.25, 0.3) is 0 Å². The first kappa shape index (κ1) is 11.5. The maximum Gasteiger partial charge on any atom is 0.168 e. The summed E-state index contributed by atoms with van der Waals surface area (Å²) in [6.07, 6.45) is 0.363. The summed E-state index contributed by atoms with van der Waals surface area (Å²) in [5.74, 6) is -0.315. The van der Waals surface area contributed by atoms with Crippen molar-refractivity contribution in [2.45, 2.75) is 6.42 Å². The van der Waals surface area contributed by atoms with Crippen molar-refractivity contribution in [3.8, 4) is 0 Å². The molecule has 0 unspecified atom stereocenters. The molecule has 16 heavy (non-hydrogen) atoms. The van der Waals surface area contributed by atoms with Crippen LogP contribution in [-0.4, -0.2) is 5.78 Å². The second-order valence-corrected chi connectivity index (χ2v) is 5.25. The molecule has 2 aromatic rings. The van der Waals surface area contributed by atoms with Gasteiger partial charge in [0.25, 0.3) is 0 Å². The predicted octanol–water partition coefficient (Wildman–Crippen LogP) is 4.08. The minimum atomic E-state index is -0.324. The third-order valence-corrected chi connectivity index (χ3v) is 3.82. The van der Waals surface area contributed by atoms with E-state index in [9.17, 15) is 9.18 Å². The van der Waals surface area contributed by atoms with Crippen molar-refractivity contribution in [3.05, 3.63) is 56.4 Å². The molecule has 0 radical (unpaired) electrons. The molecular formula is C12H8BrFOS. The van der Waals surface area contributed by atoms with Gasteiger partial charge >= 0.3 is 0 Å². The first-order chi connectivity index (χ1) is 7.65. The lowest BCUT2D eigenvalue weighted by Gasteiger charge is -1.98. The van der Waals surface area contributed by atoms with Crippen LogP contribution < -0.4 is 0 Å². The molecule has 1 nitrogen and oxygen atoms in total. The van der Waals surface area contributed by atoms with Crippen molar-refractivity contribution < 1.29 is 9.18 Å². The fourth-order valence-corrected chi connectivity index (χ4v) is 2.79. The van der Waals surface area contributed by atoms with E-state index in [1.54, 1.807) is 0 Å². The topological polar surface area (TPSA) is 17.1 Å². The molecule has 1 aromatic heterocycles. The smallest absolute Gasteiger partial charge is 0.168 e. The quantitative estimate of drug-likeness (QED) is 0.781. The number of rotatable bonds is 3. The zero-order chi connectivity index (χ0) is 11.5. The summed E-state index contributed by atoms with van der Waals surface area (Å²) in [5.41, 5.74) is 0.547. The van der Waals surface area contributed by atoms with Crippen molar-refractivity contribution in [3.63, 3.8) is 0 Å². The van der Waals surface area contributed by atoms with E-state index in [-0.39, 0.29) is 11.6 Å². The molecule has 0 atom stereocenters. The molecule has 82 valence electrons. The maximum absolute atomic E-state index is 12.7. The Morgan fingerprint density at radius 3 is 2.56 bits per heavy atom. The van der Waals surface area contributed by atoms with Gasteiger partial charge in [-0.3, -0.25) is 4.79 Å². The normalized spacial score (nSPS) is 10.4. The summed E-state index contributed by atoms with van der Waals surface area (Å²) in [6.45, 7) is 0. The van der Waals surface area contributed by atoms with E-state index in [1.807, 2.05) is 11.4 Å². The average Bonchev–Trinajstić information content (AvgIpc) is 2.65. The number of carbonyl (C=O) groups excluding carboxylic acids is 1. The number of thiophene rings is 1. The Balaban J connectivity index is 2.11. The minimum Gasteiger partial charge on any atom is -0.294 e. The highest BCUT2D eigenvalue weighted by Crippen LogP contribution is 2.21. The molecule has 0 saturated heterocycles. The molecule has 0 aliphatic rings. The number of hydrogen-bond acceptors (Lipinski definition) is 2.